The van der Waals surface area contributed by atoms with Gasteiger partial charge in [-0.25, -0.2) is 4.98 Å². The van der Waals surface area contributed by atoms with Crippen molar-refractivity contribution in [2.75, 3.05) is 6.54 Å². The molecular formula is C9H12IN3O2. The minimum Gasteiger partial charge on any atom is -0.355 e. The molecule has 0 aliphatic rings. The monoisotopic (exact) mass is 321 g/mol. The molecule has 1 N–H and O–H groups in total. The Hall–Kier alpha value is -0.920. The Kier molecular flexibility index (Phi) is 4.25. The Bertz CT molecular complexity index is 428. The predicted molar refractivity (Wildman–Crippen MR) is 64.6 cm³/mol. The van der Waals surface area contributed by atoms with E-state index in [0.29, 0.717) is 15.9 Å². The highest BCUT2D eigenvalue weighted by atomic mass is 127. The number of hydrogen-bond donors (Lipinski definition) is 1. The molecule has 0 aromatic carbocycles. The fourth-order valence-corrected chi connectivity index (χ4v) is 1.56. The largest absolute Gasteiger partial charge is 0.355 e. The molecule has 82 valence electrons. The van der Waals surface area contributed by atoms with Crippen LogP contribution in [0, 0.1) is 10.5 Å². The van der Waals surface area contributed by atoms with Gasteiger partial charge in [0, 0.05) is 12.7 Å². The van der Waals surface area contributed by atoms with E-state index in [0.717, 1.165) is 0 Å². The molecule has 0 unspecified atom stereocenters. The molecule has 1 amide bonds. The van der Waals surface area contributed by atoms with Crippen LogP contribution in [0.15, 0.2) is 11.0 Å². The second-order valence-corrected chi connectivity index (χ2v) is 4.16. The van der Waals surface area contributed by atoms with Gasteiger partial charge in [-0.2, -0.15) is 0 Å². The molecule has 0 spiro atoms. The Labute approximate surface area is 101 Å². The highest BCUT2D eigenvalue weighted by molar-refractivity contribution is 14.1. The Balaban J connectivity index is 2.99. The van der Waals surface area contributed by atoms with Crippen molar-refractivity contribution >= 4 is 28.5 Å². The zero-order chi connectivity index (χ0) is 11.4. The van der Waals surface area contributed by atoms with Crippen LogP contribution >= 0.6 is 22.6 Å². The van der Waals surface area contributed by atoms with Crippen LogP contribution < -0.4 is 10.9 Å². The quantitative estimate of drug-likeness (QED) is 0.814. The number of nitrogens with one attached hydrogen (secondary N) is 1. The summed E-state index contributed by atoms with van der Waals surface area (Å²) < 4.78 is 1.88. The first-order valence-electron chi connectivity index (χ1n) is 4.55. The smallest absolute Gasteiger partial charge is 0.267 e. The van der Waals surface area contributed by atoms with Crippen LogP contribution in [0.2, 0.25) is 0 Å². The van der Waals surface area contributed by atoms with Crippen molar-refractivity contribution < 1.29 is 4.79 Å². The number of aryl methyl sites for hydroxylation is 1. The summed E-state index contributed by atoms with van der Waals surface area (Å²) >= 11 is 1.91. The molecule has 5 nitrogen and oxygen atoms in total. The number of rotatable bonds is 3. The summed E-state index contributed by atoms with van der Waals surface area (Å²) in [5.41, 5.74) is -0.172. The molecule has 0 radical (unpaired) electrons. The number of hydrogen-bond acceptors (Lipinski definition) is 3. The number of nitrogens with zero attached hydrogens (tertiary/aromatic N) is 2. The molecule has 0 saturated carbocycles. The zero-order valence-electron chi connectivity index (χ0n) is 8.58. The van der Waals surface area contributed by atoms with E-state index in [2.05, 4.69) is 10.3 Å². The highest BCUT2D eigenvalue weighted by Crippen LogP contribution is 1.97. The fourth-order valence-electron chi connectivity index (χ4n) is 1.13. The Morgan fingerprint density at radius 3 is 2.93 bits per heavy atom. The molecule has 15 heavy (non-hydrogen) atoms. The van der Waals surface area contributed by atoms with Crippen molar-refractivity contribution in [2.24, 2.45) is 0 Å². The molecule has 0 fully saturated rings. The second kappa shape index (κ2) is 5.24. The summed E-state index contributed by atoms with van der Waals surface area (Å²) in [6.45, 7) is 4.13. The third-order valence-corrected chi connectivity index (χ3v) is 2.62. The maximum absolute atomic E-state index is 11.7. The number of amides is 1. The van der Waals surface area contributed by atoms with Crippen LogP contribution in [-0.4, -0.2) is 22.0 Å². The lowest BCUT2D eigenvalue weighted by Crippen LogP contribution is -2.34. The average Bonchev–Trinajstić information content (AvgIpc) is 2.19. The topological polar surface area (TPSA) is 64.0 Å². The van der Waals surface area contributed by atoms with Crippen LogP contribution in [0.3, 0.4) is 0 Å². The third kappa shape index (κ3) is 3.01. The van der Waals surface area contributed by atoms with Crippen molar-refractivity contribution in [1.29, 1.82) is 0 Å². The first-order valence-corrected chi connectivity index (χ1v) is 5.62. The number of carbonyl (C=O) groups is 1. The summed E-state index contributed by atoms with van der Waals surface area (Å²) in [5.74, 6) is 0.373. The van der Waals surface area contributed by atoms with Gasteiger partial charge in [-0.3, -0.25) is 14.2 Å². The predicted octanol–water partition coefficient (Wildman–Crippen LogP) is 0.292. The molecule has 1 heterocycles. The van der Waals surface area contributed by atoms with E-state index < -0.39 is 0 Å². The molecule has 0 bridgehead atoms. The third-order valence-electron chi connectivity index (χ3n) is 1.88. The first kappa shape index (κ1) is 12.2. The minimum atomic E-state index is -0.175. The molecule has 6 heteroatoms. The lowest BCUT2D eigenvalue weighted by Gasteiger charge is -2.08. The van der Waals surface area contributed by atoms with Crippen LogP contribution in [0.5, 0.6) is 0 Å². The summed E-state index contributed by atoms with van der Waals surface area (Å²) in [6.07, 6.45) is 1.51. The van der Waals surface area contributed by atoms with E-state index in [4.69, 9.17) is 0 Å². The van der Waals surface area contributed by atoms with E-state index >= 15 is 0 Å². The van der Waals surface area contributed by atoms with Crippen LogP contribution in [0.25, 0.3) is 0 Å². The highest BCUT2D eigenvalue weighted by Gasteiger charge is 2.08. The van der Waals surface area contributed by atoms with Gasteiger partial charge in [0.2, 0.25) is 5.91 Å². The first-order chi connectivity index (χ1) is 7.06. The standard InChI is InChI=1S/C9H12IN3O2/c1-3-11-8(14)5-13-6(2)12-4-7(10)9(13)15/h4H,3,5H2,1-2H3,(H,11,14). The van der Waals surface area contributed by atoms with Crippen molar-refractivity contribution in [3.63, 3.8) is 0 Å². The van der Waals surface area contributed by atoms with E-state index in [1.165, 1.54) is 10.8 Å². The number of carbonyl (C=O) groups excluding carboxylic acids is 1. The molecular weight excluding hydrogens is 309 g/mol. The lowest BCUT2D eigenvalue weighted by molar-refractivity contribution is -0.121. The molecule has 1 aromatic heterocycles. The van der Waals surface area contributed by atoms with E-state index in [9.17, 15) is 9.59 Å². The Morgan fingerprint density at radius 1 is 1.67 bits per heavy atom. The summed E-state index contributed by atoms with van der Waals surface area (Å²) in [7, 11) is 0. The van der Waals surface area contributed by atoms with Crippen LogP contribution in [-0.2, 0) is 11.3 Å². The Morgan fingerprint density at radius 2 is 2.33 bits per heavy atom. The van der Waals surface area contributed by atoms with Gasteiger partial charge in [-0.1, -0.05) is 0 Å². The van der Waals surface area contributed by atoms with Crippen molar-refractivity contribution in [3.8, 4) is 0 Å². The van der Waals surface area contributed by atoms with E-state index in [1.54, 1.807) is 6.92 Å². The summed E-state index contributed by atoms with van der Waals surface area (Å²) in [4.78, 5) is 27.0. The molecule has 0 atom stereocenters. The maximum Gasteiger partial charge on any atom is 0.267 e. The van der Waals surface area contributed by atoms with Gasteiger partial charge in [-0.05, 0) is 36.4 Å². The van der Waals surface area contributed by atoms with E-state index in [-0.39, 0.29) is 18.0 Å². The number of aromatic nitrogens is 2. The molecule has 0 saturated heterocycles. The lowest BCUT2D eigenvalue weighted by atomic mass is 10.5. The molecule has 1 rings (SSSR count). The van der Waals surface area contributed by atoms with Crippen molar-refractivity contribution in [2.45, 2.75) is 20.4 Å². The van der Waals surface area contributed by atoms with Gasteiger partial charge in [0.25, 0.3) is 5.56 Å². The zero-order valence-corrected chi connectivity index (χ0v) is 10.7. The second-order valence-electron chi connectivity index (χ2n) is 3.00. The summed E-state index contributed by atoms with van der Waals surface area (Å²) in [5, 5.41) is 2.64. The molecule has 0 aliphatic carbocycles. The minimum absolute atomic E-state index is 0.0301. The van der Waals surface area contributed by atoms with Gasteiger partial charge >= 0.3 is 0 Å². The molecule has 1 aromatic rings. The van der Waals surface area contributed by atoms with Gasteiger partial charge in [0.15, 0.2) is 0 Å². The normalized spacial score (nSPS) is 10.1. The van der Waals surface area contributed by atoms with Crippen LogP contribution in [0.1, 0.15) is 12.7 Å². The van der Waals surface area contributed by atoms with Gasteiger partial charge < -0.3 is 5.32 Å². The maximum atomic E-state index is 11.7. The molecule has 0 aliphatic heterocycles. The van der Waals surface area contributed by atoms with Gasteiger partial charge in [0.1, 0.15) is 12.4 Å². The van der Waals surface area contributed by atoms with Crippen LogP contribution in [0.4, 0.5) is 0 Å². The number of likely N-dealkylation sites (N-methyl/N-ethyl adjacent to an activating group) is 1. The van der Waals surface area contributed by atoms with E-state index in [1.807, 2.05) is 29.5 Å². The SMILES string of the molecule is CCNC(=O)Cn1c(C)ncc(I)c1=O. The number of halogens is 1. The average molecular weight is 321 g/mol. The van der Waals surface area contributed by atoms with Crippen molar-refractivity contribution in [1.82, 2.24) is 14.9 Å². The van der Waals surface area contributed by atoms with Crippen molar-refractivity contribution in [3.05, 3.63) is 25.9 Å². The van der Waals surface area contributed by atoms with Gasteiger partial charge in [-0.15, -0.1) is 0 Å². The van der Waals surface area contributed by atoms with Gasteiger partial charge in [0.05, 0.1) is 3.57 Å². The summed E-state index contributed by atoms with van der Waals surface area (Å²) in [6, 6.07) is 0. The fraction of sp³-hybridized carbons (Fsp3) is 0.444.